The maximum Gasteiger partial charge on any atom is 0.338 e. The van der Waals surface area contributed by atoms with E-state index in [1.807, 2.05) is 36.4 Å². The number of hydrogen-bond donors (Lipinski definition) is 1. The van der Waals surface area contributed by atoms with Gasteiger partial charge in [-0.05, 0) is 82.9 Å². The van der Waals surface area contributed by atoms with E-state index in [9.17, 15) is 9.59 Å². The van der Waals surface area contributed by atoms with Gasteiger partial charge in [0.1, 0.15) is 24.7 Å². The van der Waals surface area contributed by atoms with E-state index in [-0.39, 0.29) is 24.3 Å². The lowest BCUT2D eigenvalue weighted by Crippen LogP contribution is -2.32. The molecule has 0 radical (unpaired) electrons. The van der Waals surface area contributed by atoms with Crippen LogP contribution >= 0.6 is 0 Å². The summed E-state index contributed by atoms with van der Waals surface area (Å²) in [6.45, 7) is 12.6. The molecule has 7 heteroatoms. The van der Waals surface area contributed by atoms with E-state index in [1.54, 1.807) is 12.1 Å². The summed E-state index contributed by atoms with van der Waals surface area (Å²) >= 11 is 0. The third kappa shape index (κ3) is 5.71. The van der Waals surface area contributed by atoms with E-state index < -0.39 is 11.9 Å². The molecular weight excluding hydrogens is 588 g/mol. The molecular formula is C40H38N2O5. The highest BCUT2D eigenvalue weighted by molar-refractivity contribution is 6.00. The van der Waals surface area contributed by atoms with Gasteiger partial charge in [-0.15, -0.1) is 0 Å². The van der Waals surface area contributed by atoms with Crippen molar-refractivity contribution in [3.63, 3.8) is 0 Å². The summed E-state index contributed by atoms with van der Waals surface area (Å²) in [5, 5.41) is 5.38. The quantitative estimate of drug-likeness (QED) is 0.182. The molecule has 7 rings (SSSR count). The fourth-order valence-electron chi connectivity index (χ4n) is 6.97. The Morgan fingerprint density at radius 1 is 0.851 bits per heavy atom. The Kier molecular flexibility index (Phi) is 7.31. The number of rotatable bonds is 6. The molecule has 0 unspecified atom stereocenters. The summed E-state index contributed by atoms with van der Waals surface area (Å²) in [5.41, 5.74) is 8.32. The predicted molar refractivity (Wildman–Crippen MR) is 184 cm³/mol. The molecule has 0 atom stereocenters. The summed E-state index contributed by atoms with van der Waals surface area (Å²) in [7, 11) is 0. The number of nitrogens with zero attached hydrogens (tertiary/aromatic N) is 1. The number of anilines is 1. The van der Waals surface area contributed by atoms with Crippen molar-refractivity contribution in [3.05, 3.63) is 123 Å². The monoisotopic (exact) mass is 626 g/mol. The lowest BCUT2D eigenvalue weighted by molar-refractivity contribution is -0.140. The molecule has 0 saturated carbocycles. The molecule has 0 aromatic heterocycles. The average Bonchev–Trinajstić information content (AvgIpc) is 3.55. The molecule has 0 spiro atoms. The third-order valence-electron chi connectivity index (χ3n) is 8.84. The fourth-order valence-corrected chi connectivity index (χ4v) is 6.97. The molecule has 7 nitrogen and oxygen atoms in total. The SMILES string of the molecule is CC1=CC(C)(C)Nc2cc3c(cc21)C(c1ccccc1C(=O)OCCOC(=O)C1=CC=CC1)=c1cc2c(cc1O3)=NC(C)(C)C=C2C. The number of allylic oxidation sites excluding steroid dienone is 5. The first kappa shape index (κ1) is 30.5. The van der Waals surface area contributed by atoms with Crippen molar-refractivity contribution in [3.8, 4) is 11.5 Å². The Bertz CT molecular complexity index is 2130. The molecule has 4 aliphatic rings. The van der Waals surface area contributed by atoms with Crippen molar-refractivity contribution < 1.29 is 23.8 Å². The van der Waals surface area contributed by atoms with Crippen LogP contribution in [0.4, 0.5) is 5.69 Å². The van der Waals surface area contributed by atoms with Gasteiger partial charge in [-0.2, -0.15) is 0 Å². The van der Waals surface area contributed by atoms with Crippen molar-refractivity contribution >= 4 is 34.3 Å². The molecule has 0 bridgehead atoms. The molecule has 47 heavy (non-hydrogen) atoms. The Balaban J connectivity index is 1.34. The molecule has 0 amide bonds. The van der Waals surface area contributed by atoms with E-state index in [1.165, 1.54) is 0 Å². The lowest BCUT2D eigenvalue weighted by atomic mass is 9.84. The molecule has 3 aliphatic heterocycles. The van der Waals surface area contributed by atoms with Crippen molar-refractivity contribution in [1.82, 2.24) is 0 Å². The van der Waals surface area contributed by atoms with Gasteiger partial charge in [-0.1, -0.05) is 48.6 Å². The van der Waals surface area contributed by atoms with Crippen LogP contribution < -0.4 is 20.6 Å². The zero-order valence-corrected chi connectivity index (χ0v) is 27.6. The van der Waals surface area contributed by atoms with Gasteiger partial charge >= 0.3 is 11.9 Å². The molecule has 1 N–H and O–H groups in total. The van der Waals surface area contributed by atoms with Crippen LogP contribution in [0.5, 0.6) is 11.5 Å². The maximum absolute atomic E-state index is 13.7. The van der Waals surface area contributed by atoms with Gasteiger partial charge in [0.05, 0.1) is 22.0 Å². The van der Waals surface area contributed by atoms with Crippen LogP contribution in [0.3, 0.4) is 0 Å². The minimum atomic E-state index is -0.497. The van der Waals surface area contributed by atoms with Crippen LogP contribution in [0.25, 0.3) is 16.7 Å². The van der Waals surface area contributed by atoms with E-state index in [0.717, 1.165) is 55.2 Å². The summed E-state index contributed by atoms with van der Waals surface area (Å²) in [6, 6.07) is 15.8. The third-order valence-corrected chi connectivity index (χ3v) is 8.84. The molecule has 0 fully saturated rings. The number of carbonyl (C=O) groups is 2. The van der Waals surface area contributed by atoms with Crippen LogP contribution in [0.1, 0.15) is 80.6 Å². The zero-order valence-electron chi connectivity index (χ0n) is 27.6. The van der Waals surface area contributed by atoms with Crippen LogP contribution in [-0.4, -0.2) is 36.2 Å². The van der Waals surface area contributed by atoms with Gasteiger partial charge in [0.15, 0.2) is 0 Å². The Hall–Kier alpha value is -5.17. The van der Waals surface area contributed by atoms with Crippen molar-refractivity contribution in [2.75, 3.05) is 18.5 Å². The van der Waals surface area contributed by atoms with E-state index in [0.29, 0.717) is 29.1 Å². The van der Waals surface area contributed by atoms with Crippen LogP contribution in [-0.2, 0) is 14.3 Å². The first-order chi connectivity index (χ1) is 22.4. The van der Waals surface area contributed by atoms with Crippen LogP contribution in [0.2, 0.25) is 0 Å². The predicted octanol–water partition coefficient (Wildman–Crippen LogP) is 7.05. The van der Waals surface area contributed by atoms with Crippen LogP contribution in [0.15, 0.2) is 89.5 Å². The normalized spacial score (nSPS) is 17.7. The summed E-state index contributed by atoms with van der Waals surface area (Å²) in [4.78, 5) is 31.0. The number of fused-ring (bicyclic) bond motifs is 4. The highest BCUT2D eigenvalue weighted by atomic mass is 16.6. The minimum Gasteiger partial charge on any atom is -0.459 e. The van der Waals surface area contributed by atoms with Gasteiger partial charge in [0.2, 0.25) is 0 Å². The summed E-state index contributed by atoms with van der Waals surface area (Å²) in [5.74, 6) is 0.473. The topological polar surface area (TPSA) is 86.2 Å². The Morgan fingerprint density at radius 2 is 1.60 bits per heavy atom. The summed E-state index contributed by atoms with van der Waals surface area (Å²) < 4.78 is 17.7. The first-order valence-corrected chi connectivity index (χ1v) is 16.0. The maximum atomic E-state index is 13.7. The molecule has 3 heterocycles. The average molecular weight is 627 g/mol. The van der Waals surface area contributed by atoms with Crippen LogP contribution in [0, 0.1) is 0 Å². The second-order valence-electron chi connectivity index (χ2n) is 13.6. The van der Waals surface area contributed by atoms with Gasteiger partial charge in [0, 0.05) is 50.9 Å². The minimum absolute atomic E-state index is 0.0289. The number of hydrogen-bond acceptors (Lipinski definition) is 7. The molecule has 0 saturated heterocycles. The number of benzene rings is 3. The van der Waals surface area contributed by atoms with Gasteiger partial charge < -0.3 is 19.5 Å². The highest BCUT2D eigenvalue weighted by Gasteiger charge is 2.30. The number of esters is 2. The van der Waals surface area contributed by atoms with E-state index >= 15 is 0 Å². The molecule has 1 aliphatic carbocycles. The van der Waals surface area contributed by atoms with E-state index in [4.69, 9.17) is 19.2 Å². The molecule has 3 aromatic rings. The standard InChI is InChI=1S/C40H38N2O5/c1-23-21-39(3,4)41-32-19-34-30(17-28(23)32)36(31-18-29-24(2)22-40(5,6)42-33(29)20-35(31)47-34)26-13-9-10-14-27(26)38(44)46-16-15-45-37(43)25-11-7-8-12-25/h7-11,13-14,17-22,41H,12,15-16H2,1-6H3. The molecule has 238 valence electrons. The Morgan fingerprint density at radius 3 is 2.36 bits per heavy atom. The smallest absolute Gasteiger partial charge is 0.338 e. The largest absolute Gasteiger partial charge is 0.459 e. The second kappa shape index (κ2) is 11.3. The Labute approximate surface area is 274 Å². The van der Waals surface area contributed by atoms with Gasteiger partial charge in [0.25, 0.3) is 0 Å². The van der Waals surface area contributed by atoms with Crippen molar-refractivity contribution in [2.45, 2.75) is 59.0 Å². The van der Waals surface area contributed by atoms with Crippen molar-refractivity contribution in [1.29, 1.82) is 0 Å². The second-order valence-corrected chi connectivity index (χ2v) is 13.6. The van der Waals surface area contributed by atoms with Gasteiger partial charge in [-0.3, -0.25) is 4.99 Å². The summed E-state index contributed by atoms with van der Waals surface area (Å²) in [6.07, 6.45) is 10.4. The fraction of sp³-hybridized carbons (Fsp3) is 0.275. The van der Waals surface area contributed by atoms with Gasteiger partial charge in [-0.25, -0.2) is 9.59 Å². The highest BCUT2D eigenvalue weighted by Crippen LogP contribution is 2.44. The number of carbonyl (C=O) groups excluding carboxylic acids is 2. The number of nitrogens with one attached hydrogen (secondary N) is 1. The first-order valence-electron chi connectivity index (χ1n) is 16.0. The number of ether oxygens (including phenoxy) is 3. The zero-order chi connectivity index (χ0) is 33.1. The van der Waals surface area contributed by atoms with Crippen molar-refractivity contribution in [2.24, 2.45) is 4.99 Å². The molecule has 3 aromatic carbocycles. The van der Waals surface area contributed by atoms with E-state index in [2.05, 4.69) is 77.2 Å². The lowest BCUT2D eigenvalue weighted by Gasteiger charge is -2.33.